The van der Waals surface area contributed by atoms with Crippen LogP contribution in [0.15, 0.2) is 23.2 Å². The van der Waals surface area contributed by atoms with Crippen molar-refractivity contribution in [2.24, 2.45) is 4.99 Å². The Bertz CT molecular complexity index is 509. The number of ether oxygens (including phenoxy) is 2. The van der Waals surface area contributed by atoms with E-state index in [0.29, 0.717) is 13.2 Å². The highest BCUT2D eigenvalue weighted by Gasteiger charge is 2.10. The van der Waals surface area contributed by atoms with Gasteiger partial charge >= 0.3 is 0 Å². The average molecular weight is 337 g/mol. The Kier molecular flexibility index (Phi) is 7.93. The van der Waals surface area contributed by atoms with E-state index in [2.05, 4.69) is 27.9 Å². The summed E-state index contributed by atoms with van der Waals surface area (Å²) < 4.78 is 11.4. The molecule has 0 aromatic heterocycles. The van der Waals surface area contributed by atoms with Crippen LogP contribution in [0, 0.1) is 0 Å². The van der Waals surface area contributed by atoms with Gasteiger partial charge in [0.1, 0.15) is 0 Å². The van der Waals surface area contributed by atoms with Crippen molar-refractivity contribution < 1.29 is 9.47 Å². The summed E-state index contributed by atoms with van der Waals surface area (Å²) in [6.07, 6.45) is 5.46. The van der Waals surface area contributed by atoms with Crippen molar-refractivity contribution in [1.82, 2.24) is 10.6 Å². The predicted molar refractivity (Wildman–Crippen MR) is 97.9 cm³/mol. The molecule has 5 nitrogen and oxygen atoms in total. The third kappa shape index (κ3) is 6.22. The Morgan fingerprint density at radius 1 is 1.17 bits per heavy atom. The van der Waals surface area contributed by atoms with Crippen molar-refractivity contribution >= 4 is 17.7 Å². The first-order valence-corrected chi connectivity index (χ1v) is 9.55. The first-order valence-electron chi connectivity index (χ1n) is 8.15. The van der Waals surface area contributed by atoms with Gasteiger partial charge in [0.2, 0.25) is 0 Å². The molecule has 2 rings (SSSR count). The number of rotatable bonds is 7. The van der Waals surface area contributed by atoms with Crippen LogP contribution in [0.1, 0.15) is 24.8 Å². The monoisotopic (exact) mass is 337 g/mol. The van der Waals surface area contributed by atoms with Gasteiger partial charge in [0, 0.05) is 26.6 Å². The zero-order valence-corrected chi connectivity index (χ0v) is 14.9. The first-order chi connectivity index (χ1) is 11.3. The normalized spacial score (nSPS) is 14.3. The Labute approximate surface area is 143 Å². The summed E-state index contributed by atoms with van der Waals surface area (Å²) in [5.74, 6) is 3.72. The van der Waals surface area contributed by atoms with Crippen LogP contribution < -0.4 is 20.1 Å². The van der Waals surface area contributed by atoms with E-state index in [-0.39, 0.29) is 0 Å². The molecule has 0 amide bonds. The minimum Gasteiger partial charge on any atom is -0.490 e. The third-order valence-electron chi connectivity index (χ3n) is 3.56. The summed E-state index contributed by atoms with van der Waals surface area (Å²) in [5, 5.41) is 6.68. The topological polar surface area (TPSA) is 54.9 Å². The number of hydrogen-bond donors (Lipinski definition) is 2. The second-order valence-electron chi connectivity index (χ2n) is 5.38. The quantitative estimate of drug-likeness (QED) is 0.455. The van der Waals surface area contributed by atoms with Crippen LogP contribution in [0.5, 0.6) is 11.5 Å². The molecule has 0 radical (unpaired) electrons. The van der Waals surface area contributed by atoms with Gasteiger partial charge in [0.25, 0.3) is 0 Å². The van der Waals surface area contributed by atoms with Crippen LogP contribution in [0.25, 0.3) is 0 Å². The molecule has 1 aliphatic heterocycles. The molecule has 0 aliphatic carbocycles. The second-order valence-corrected chi connectivity index (χ2v) is 6.37. The molecule has 0 spiro atoms. The van der Waals surface area contributed by atoms with Gasteiger partial charge in [-0.15, -0.1) is 0 Å². The molecule has 1 heterocycles. The third-order valence-corrected chi connectivity index (χ3v) is 4.26. The van der Waals surface area contributed by atoms with Crippen molar-refractivity contribution in [3.8, 4) is 11.5 Å². The van der Waals surface area contributed by atoms with E-state index >= 15 is 0 Å². The van der Waals surface area contributed by atoms with E-state index in [0.717, 1.165) is 49.0 Å². The van der Waals surface area contributed by atoms with Crippen LogP contribution in [0.3, 0.4) is 0 Å². The molecule has 2 N–H and O–H groups in total. The van der Waals surface area contributed by atoms with E-state index in [1.54, 1.807) is 7.05 Å². The molecule has 0 saturated heterocycles. The zero-order chi connectivity index (χ0) is 16.3. The number of nitrogens with one attached hydrogen (secondary N) is 2. The highest BCUT2D eigenvalue weighted by atomic mass is 32.2. The molecular formula is C17H27N3O2S. The van der Waals surface area contributed by atoms with Crippen LogP contribution >= 0.6 is 11.8 Å². The number of nitrogens with zero attached hydrogens (tertiary/aromatic N) is 1. The van der Waals surface area contributed by atoms with Crippen LogP contribution in [-0.2, 0) is 6.54 Å². The van der Waals surface area contributed by atoms with Gasteiger partial charge in [0.15, 0.2) is 17.5 Å². The van der Waals surface area contributed by atoms with E-state index < -0.39 is 0 Å². The lowest BCUT2D eigenvalue weighted by molar-refractivity contribution is 0.297. The Hall–Kier alpha value is -1.56. The Morgan fingerprint density at radius 2 is 2.00 bits per heavy atom. The fraction of sp³-hybridized carbons (Fsp3) is 0.588. The maximum Gasteiger partial charge on any atom is 0.191 e. The lowest BCUT2D eigenvalue weighted by Crippen LogP contribution is -2.37. The van der Waals surface area contributed by atoms with Crippen molar-refractivity contribution in [3.05, 3.63) is 23.8 Å². The molecule has 0 unspecified atom stereocenters. The standard InChI is InChI=1S/C17H27N3O2S/c1-18-17(19-8-3-4-11-23-2)20-13-14-6-7-15-16(12-14)22-10-5-9-21-15/h6-7,12H,3-5,8-11,13H2,1-2H3,(H2,18,19,20). The summed E-state index contributed by atoms with van der Waals surface area (Å²) in [7, 11) is 1.80. The van der Waals surface area contributed by atoms with Crippen molar-refractivity contribution in [1.29, 1.82) is 0 Å². The largest absolute Gasteiger partial charge is 0.490 e. The highest BCUT2D eigenvalue weighted by molar-refractivity contribution is 7.98. The predicted octanol–water partition coefficient (Wildman–Crippen LogP) is 2.66. The van der Waals surface area contributed by atoms with Gasteiger partial charge in [-0.2, -0.15) is 11.8 Å². The van der Waals surface area contributed by atoms with Gasteiger partial charge in [0.05, 0.1) is 13.2 Å². The van der Waals surface area contributed by atoms with E-state index in [1.165, 1.54) is 12.2 Å². The molecule has 1 aromatic carbocycles. The minimum atomic E-state index is 0.709. The fourth-order valence-corrected chi connectivity index (χ4v) is 2.80. The fourth-order valence-electron chi connectivity index (χ4n) is 2.30. The number of aliphatic imine (C=N–C) groups is 1. The number of thioether (sulfide) groups is 1. The van der Waals surface area contributed by atoms with Crippen molar-refractivity contribution in [3.63, 3.8) is 0 Å². The van der Waals surface area contributed by atoms with Crippen LogP contribution in [-0.4, -0.2) is 44.8 Å². The number of unbranched alkanes of at least 4 members (excludes halogenated alkanes) is 1. The van der Waals surface area contributed by atoms with E-state index in [9.17, 15) is 0 Å². The SMILES string of the molecule is CN=C(NCCCCSC)NCc1ccc2c(c1)OCCCO2. The maximum atomic E-state index is 5.72. The second kappa shape index (κ2) is 10.3. The smallest absolute Gasteiger partial charge is 0.191 e. The number of guanidine groups is 1. The molecule has 0 saturated carbocycles. The molecule has 1 aliphatic rings. The average Bonchev–Trinajstić information content (AvgIpc) is 2.82. The first kappa shape index (κ1) is 17.8. The van der Waals surface area contributed by atoms with Crippen LogP contribution in [0.4, 0.5) is 0 Å². The molecule has 128 valence electrons. The van der Waals surface area contributed by atoms with Crippen LogP contribution in [0.2, 0.25) is 0 Å². The highest BCUT2D eigenvalue weighted by Crippen LogP contribution is 2.30. The molecule has 6 heteroatoms. The number of benzene rings is 1. The summed E-state index contributed by atoms with van der Waals surface area (Å²) in [6, 6.07) is 6.09. The molecule has 0 fully saturated rings. The minimum absolute atomic E-state index is 0.709. The molecule has 0 atom stereocenters. The molecular weight excluding hydrogens is 310 g/mol. The van der Waals surface area contributed by atoms with Crippen molar-refractivity contribution in [2.45, 2.75) is 25.8 Å². The van der Waals surface area contributed by atoms with E-state index in [1.807, 2.05) is 23.9 Å². The lowest BCUT2D eigenvalue weighted by atomic mass is 10.2. The summed E-state index contributed by atoms with van der Waals surface area (Å²) in [6.45, 7) is 3.09. The molecule has 23 heavy (non-hydrogen) atoms. The summed E-state index contributed by atoms with van der Waals surface area (Å²) in [4.78, 5) is 4.26. The van der Waals surface area contributed by atoms with Gasteiger partial charge in [-0.25, -0.2) is 0 Å². The molecule has 1 aromatic rings. The summed E-state index contributed by atoms with van der Waals surface area (Å²) >= 11 is 1.89. The van der Waals surface area contributed by atoms with Gasteiger partial charge in [-0.1, -0.05) is 6.07 Å². The van der Waals surface area contributed by atoms with Gasteiger partial charge in [-0.05, 0) is 42.5 Å². The van der Waals surface area contributed by atoms with Gasteiger partial charge in [-0.3, -0.25) is 4.99 Å². The maximum absolute atomic E-state index is 5.72. The Morgan fingerprint density at radius 3 is 2.78 bits per heavy atom. The lowest BCUT2D eigenvalue weighted by Gasteiger charge is -2.13. The molecule has 0 bridgehead atoms. The number of fused-ring (bicyclic) bond motifs is 1. The number of hydrogen-bond acceptors (Lipinski definition) is 4. The van der Waals surface area contributed by atoms with Gasteiger partial charge < -0.3 is 20.1 Å². The Balaban J connectivity index is 1.78. The van der Waals surface area contributed by atoms with Crippen molar-refractivity contribution in [2.75, 3.05) is 38.8 Å². The summed E-state index contributed by atoms with van der Waals surface area (Å²) in [5.41, 5.74) is 1.15. The van der Waals surface area contributed by atoms with E-state index in [4.69, 9.17) is 9.47 Å². The zero-order valence-electron chi connectivity index (χ0n) is 14.1.